The van der Waals surface area contributed by atoms with E-state index in [1.54, 1.807) is 0 Å². The van der Waals surface area contributed by atoms with Crippen LogP contribution < -0.4 is 11.5 Å². The van der Waals surface area contributed by atoms with Crippen LogP contribution in [0.3, 0.4) is 0 Å². The molecule has 1 amide bonds. The minimum atomic E-state index is -0.777. The van der Waals surface area contributed by atoms with Gasteiger partial charge in [-0.05, 0) is 49.1 Å². The maximum Gasteiger partial charge on any atom is 0.405 e. The maximum atomic E-state index is 11.0. The van der Waals surface area contributed by atoms with Gasteiger partial charge in [-0.25, -0.2) is 4.79 Å². The van der Waals surface area contributed by atoms with E-state index in [4.69, 9.17) is 16.2 Å². The Morgan fingerprint density at radius 3 is 2.41 bits per heavy atom. The molecule has 0 fully saturated rings. The first-order valence-electron chi connectivity index (χ1n) is 7.21. The number of carbonyl (C=O) groups is 1. The number of rotatable bonds is 4. The van der Waals surface area contributed by atoms with Crippen LogP contribution in [0, 0.1) is 6.92 Å². The quantitative estimate of drug-likeness (QED) is 0.845. The monoisotopic (exact) mass is 298 g/mol. The Kier molecular flexibility index (Phi) is 4.40. The number of ether oxygens (including phenoxy) is 1. The molecule has 22 heavy (non-hydrogen) atoms. The third-order valence-corrected chi connectivity index (χ3v) is 3.56. The largest absolute Gasteiger partial charge is 0.443 e. The van der Waals surface area contributed by atoms with Crippen LogP contribution in [0.1, 0.15) is 25.0 Å². The first kappa shape index (κ1) is 15.9. The molecular weight excluding hydrogens is 276 g/mol. The van der Waals surface area contributed by atoms with Crippen molar-refractivity contribution in [2.45, 2.75) is 32.8 Å². The van der Waals surface area contributed by atoms with E-state index in [0.717, 1.165) is 22.3 Å². The highest BCUT2D eigenvalue weighted by Gasteiger charge is 2.23. The molecule has 0 bridgehead atoms. The Hall–Kier alpha value is -2.49. The van der Waals surface area contributed by atoms with Crippen LogP contribution in [0.25, 0.3) is 11.1 Å². The second-order valence-corrected chi connectivity index (χ2v) is 6.09. The number of amides is 1. The van der Waals surface area contributed by atoms with Crippen molar-refractivity contribution >= 4 is 11.8 Å². The lowest BCUT2D eigenvalue weighted by atomic mass is 9.92. The zero-order chi connectivity index (χ0) is 16.3. The van der Waals surface area contributed by atoms with E-state index in [1.807, 2.05) is 51.1 Å². The molecule has 4 nitrogen and oxygen atoms in total. The predicted molar refractivity (Wildman–Crippen MR) is 89.5 cm³/mol. The van der Waals surface area contributed by atoms with Crippen LogP contribution in [0.2, 0.25) is 0 Å². The van der Waals surface area contributed by atoms with Gasteiger partial charge in [0, 0.05) is 12.1 Å². The fraction of sp³-hybridized carbons (Fsp3) is 0.278. The summed E-state index contributed by atoms with van der Waals surface area (Å²) in [7, 11) is 0. The lowest BCUT2D eigenvalue weighted by Crippen LogP contribution is -2.33. The Morgan fingerprint density at radius 1 is 1.18 bits per heavy atom. The molecule has 2 rings (SSSR count). The van der Waals surface area contributed by atoms with Gasteiger partial charge in [0.1, 0.15) is 5.60 Å². The summed E-state index contributed by atoms with van der Waals surface area (Å²) in [6.07, 6.45) is -0.265. The van der Waals surface area contributed by atoms with Crippen LogP contribution in [-0.4, -0.2) is 11.7 Å². The first-order valence-corrected chi connectivity index (χ1v) is 7.21. The van der Waals surface area contributed by atoms with Crippen molar-refractivity contribution in [2.24, 2.45) is 5.73 Å². The first-order chi connectivity index (χ1) is 10.3. The molecule has 0 saturated carbocycles. The van der Waals surface area contributed by atoms with Crippen molar-refractivity contribution in [1.82, 2.24) is 0 Å². The van der Waals surface area contributed by atoms with Crippen LogP contribution in [0.15, 0.2) is 42.5 Å². The summed E-state index contributed by atoms with van der Waals surface area (Å²) in [5.74, 6) is 0. The Balaban J connectivity index is 2.33. The summed E-state index contributed by atoms with van der Waals surface area (Å²) in [5, 5.41) is 0. The van der Waals surface area contributed by atoms with Crippen molar-refractivity contribution in [3.05, 3.63) is 53.6 Å². The van der Waals surface area contributed by atoms with Gasteiger partial charge in [-0.1, -0.05) is 36.4 Å². The molecule has 0 aliphatic carbocycles. The van der Waals surface area contributed by atoms with Crippen molar-refractivity contribution in [2.75, 3.05) is 5.73 Å². The van der Waals surface area contributed by atoms with Crippen LogP contribution in [-0.2, 0) is 11.2 Å². The molecule has 0 spiro atoms. The number of primary amides is 1. The van der Waals surface area contributed by atoms with E-state index in [9.17, 15) is 4.79 Å². The van der Waals surface area contributed by atoms with Crippen molar-refractivity contribution < 1.29 is 9.53 Å². The molecule has 0 radical (unpaired) electrons. The Morgan fingerprint density at radius 2 is 1.82 bits per heavy atom. The molecular formula is C18H22N2O2. The molecule has 4 heteroatoms. The van der Waals surface area contributed by atoms with Crippen molar-refractivity contribution in [3.63, 3.8) is 0 Å². The topological polar surface area (TPSA) is 78.3 Å². The number of nitrogens with two attached hydrogens (primary N) is 2. The number of aryl methyl sites for hydroxylation is 1. The van der Waals surface area contributed by atoms with E-state index in [0.29, 0.717) is 12.1 Å². The third-order valence-electron chi connectivity index (χ3n) is 3.56. The van der Waals surface area contributed by atoms with Gasteiger partial charge in [0.25, 0.3) is 0 Å². The number of hydrogen-bond acceptors (Lipinski definition) is 3. The van der Waals surface area contributed by atoms with E-state index in [-0.39, 0.29) is 0 Å². The SMILES string of the molecule is Cc1cc(CC(C)(C)OC(N)=O)c(N)cc1-c1ccccc1. The highest BCUT2D eigenvalue weighted by atomic mass is 16.6. The number of hydrogen-bond donors (Lipinski definition) is 2. The number of nitrogen functional groups attached to an aromatic ring is 1. The van der Waals surface area contributed by atoms with Gasteiger partial charge in [0.05, 0.1) is 0 Å². The highest BCUT2D eigenvalue weighted by molar-refractivity contribution is 5.72. The summed E-state index contributed by atoms with van der Waals surface area (Å²) in [5.41, 5.74) is 15.6. The van der Waals surface area contributed by atoms with Crippen molar-refractivity contribution in [3.8, 4) is 11.1 Å². The molecule has 0 aromatic heterocycles. The van der Waals surface area contributed by atoms with Crippen LogP contribution >= 0.6 is 0 Å². The fourth-order valence-electron chi connectivity index (χ4n) is 2.63. The van der Waals surface area contributed by atoms with Gasteiger partial charge in [-0.2, -0.15) is 0 Å². The minimum Gasteiger partial charge on any atom is -0.443 e. The van der Waals surface area contributed by atoms with E-state index in [1.165, 1.54) is 0 Å². The average molecular weight is 298 g/mol. The molecule has 4 N–H and O–H groups in total. The van der Waals surface area contributed by atoms with Crippen LogP contribution in [0.4, 0.5) is 10.5 Å². The smallest absolute Gasteiger partial charge is 0.405 e. The standard InChI is InChI=1S/C18H22N2O2/c1-12-9-14(11-18(2,3)22-17(20)21)16(19)10-15(12)13-7-5-4-6-8-13/h4-10H,11,19H2,1-3H3,(H2,20,21). The van der Waals surface area contributed by atoms with E-state index < -0.39 is 11.7 Å². The lowest BCUT2D eigenvalue weighted by molar-refractivity contribution is 0.0461. The molecule has 0 aliphatic heterocycles. The fourth-order valence-corrected chi connectivity index (χ4v) is 2.63. The van der Waals surface area contributed by atoms with Gasteiger partial charge in [0.2, 0.25) is 0 Å². The van der Waals surface area contributed by atoms with E-state index >= 15 is 0 Å². The molecule has 2 aromatic carbocycles. The van der Waals surface area contributed by atoms with Crippen LogP contribution in [0.5, 0.6) is 0 Å². The average Bonchev–Trinajstić information content (AvgIpc) is 2.41. The molecule has 2 aromatic rings. The van der Waals surface area contributed by atoms with Gasteiger partial charge >= 0.3 is 6.09 Å². The summed E-state index contributed by atoms with van der Waals surface area (Å²) in [6.45, 7) is 5.68. The minimum absolute atomic E-state index is 0.512. The Bertz CT molecular complexity index is 679. The maximum absolute atomic E-state index is 11.0. The number of carbonyl (C=O) groups excluding carboxylic acids is 1. The zero-order valence-corrected chi connectivity index (χ0v) is 13.2. The summed E-state index contributed by atoms with van der Waals surface area (Å²) in [6, 6.07) is 14.1. The van der Waals surface area contributed by atoms with Gasteiger partial charge in [-0.15, -0.1) is 0 Å². The molecule has 0 atom stereocenters. The normalized spacial score (nSPS) is 11.2. The highest BCUT2D eigenvalue weighted by Crippen LogP contribution is 2.30. The summed E-state index contributed by atoms with van der Waals surface area (Å²) >= 11 is 0. The molecule has 116 valence electrons. The molecule has 0 saturated heterocycles. The number of benzene rings is 2. The Labute approximate surface area is 131 Å². The van der Waals surface area contributed by atoms with Gasteiger partial charge in [0.15, 0.2) is 0 Å². The molecule has 0 aliphatic rings. The third kappa shape index (κ3) is 3.79. The summed E-state index contributed by atoms with van der Waals surface area (Å²) < 4.78 is 5.13. The van der Waals surface area contributed by atoms with E-state index in [2.05, 4.69) is 12.1 Å². The predicted octanol–water partition coefficient (Wildman–Crippen LogP) is 3.66. The second-order valence-electron chi connectivity index (χ2n) is 6.09. The lowest BCUT2D eigenvalue weighted by Gasteiger charge is -2.25. The number of anilines is 1. The molecule has 0 unspecified atom stereocenters. The van der Waals surface area contributed by atoms with Gasteiger partial charge in [-0.3, -0.25) is 0 Å². The van der Waals surface area contributed by atoms with Crippen molar-refractivity contribution in [1.29, 1.82) is 0 Å². The second kappa shape index (κ2) is 6.10. The zero-order valence-electron chi connectivity index (χ0n) is 13.2. The summed E-state index contributed by atoms with van der Waals surface area (Å²) in [4.78, 5) is 11.0. The van der Waals surface area contributed by atoms with Gasteiger partial charge < -0.3 is 16.2 Å². The molecule has 0 heterocycles.